The predicted octanol–water partition coefficient (Wildman–Crippen LogP) is 7.36. The monoisotopic (exact) mass is 715 g/mol. The molecule has 264 valence electrons. The van der Waals surface area contributed by atoms with Crippen LogP contribution >= 0.6 is 11.3 Å². The van der Waals surface area contributed by atoms with Gasteiger partial charge >= 0.3 is 18.3 Å². The highest BCUT2D eigenvalue weighted by Gasteiger charge is 2.57. The fourth-order valence-electron chi connectivity index (χ4n) is 6.72. The summed E-state index contributed by atoms with van der Waals surface area (Å²) in [6.45, 7) is 1.48. The third-order valence-electron chi connectivity index (χ3n) is 8.87. The minimum absolute atomic E-state index is 0.0113. The molecule has 0 saturated carbocycles. The number of carboxylic acids is 1. The molecule has 0 unspecified atom stereocenters. The summed E-state index contributed by atoms with van der Waals surface area (Å²) >= 11 is 0.327. The number of likely N-dealkylation sites (tertiary alicyclic amines) is 1. The second-order valence-corrected chi connectivity index (χ2v) is 13.0. The van der Waals surface area contributed by atoms with Crippen LogP contribution in [-0.4, -0.2) is 61.9 Å². The molecular formula is C33H32F7N3O5S. The standard InChI is InChI=1S/C33H32F7N3O5S/c1-2-5-25-31(48-23-16-26(49-18-23)33(38,39)40,11-4-13-42(25)29(46)28-24(32(35,36)37)6-3-12-41-28)30(47)43-17-19-7-8-21(34)14-20(19)15-22(43)9-10-27(44)45/h3,6-8,12,14,16,18,22,25H,2,4-5,9-11,13,15,17H2,1H3,(H,44,45)/t22-,25+,31-/m0/s1. The Morgan fingerprint density at radius 3 is 2.45 bits per heavy atom. The normalized spacial score (nSPS) is 21.3. The molecule has 2 aliphatic heterocycles. The Balaban J connectivity index is 1.64. The highest BCUT2D eigenvalue weighted by molar-refractivity contribution is 7.10. The number of hydrogen-bond acceptors (Lipinski definition) is 6. The number of aromatic nitrogens is 1. The zero-order valence-corrected chi connectivity index (χ0v) is 26.9. The van der Waals surface area contributed by atoms with Crippen LogP contribution in [0.5, 0.6) is 5.75 Å². The third kappa shape index (κ3) is 7.53. The quantitative estimate of drug-likeness (QED) is 0.233. The number of thiophene rings is 1. The van der Waals surface area contributed by atoms with Crippen molar-refractivity contribution in [1.82, 2.24) is 14.8 Å². The van der Waals surface area contributed by atoms with E-state index < -0.39 is 69.8 Å². The predicted molar refractivity (Wildman–Crippen MR) is 162 cm³/mol. The Hall–Kier alpha value is -4.21. The molecular weight excluding hydrogens is 683 g/mol. The first kappa shape index (κ1) is 36.1. The van der Waals surface area contributed by atoms with Gasteiger partial charge < -0.3 is 19.6 Å². The van der Waals surface area contributed by atoms with E-state index in [0.717, 1.165) is 28.6 Å². The van der Waals surface area contributed by atoms with Crippen molar-refractivity contribution in [2.45, 2.75) is 88.5 Å². The fourth-order valence-corrected chi connectivity index (χ4v) is 7.40. The Morgan fingerprint density at radius 1 is 1.04 bits per heavy atom. The molecule has 1 N–H and O–H groups in total. The van der Waals surface area contributed by atoms with Crippen LogP contribution < -0.4 is 4.74 Å². The molecule has 5 rings (SSSR count). The molecule has 2 aromatic heterocycles. The van der Waals surface area contributed by atoms with E-state index in [2.05, 4.69) is 4.98 Å². The molecule has 1 aromatic carbocycles. The summed E-state index contributed by atoms with van der Waals surface area (Å²) in [6.07, 6.45) is -8.81. The average molecular weight is 716 g/mol. The molecule has 4 heterocycles. The summed E-state index contributed by atoms with van der Waals surface area (Å²) in [7, 11) is 0. The van der Waals surface area contributed by atoms with Crippen molar-refractivity contribution in [3.8, 4) is 5.75 Å². The number of benzene rings is 1. The zero-order chi connectivity index (χ0) is 35.7. The molecule has 0 spiro atoms. The van der Waals surface area contributed by atoms with Crippen molar-refractivity contribution < 1.29 is 55.0 Å². The lowest BCUT2D eigenvalue weighted by molar-refractivity contribution is -0.163. The highest BCUT2D eigenvalue weighted by atomic mass is 32.1. The van der Waals surface area contributed by atoms with Crippen molar-refractivity contribution in [3.05, 3.63) is 81.1 Å². The van der Waals surface area contributed by atoms with Crippen LogP contribution in [0.25, 0.3) is 0 Å². The molecule has 0 bridgehead atoms. The number of nitrogens with zero attached hydrogens (tertiary/aromatic N) is 3. The van der Waals surface area contributed by atoms with E-state index >= 15 is 4.79 Å². The SMILES string of the molecule is CCC[C@H]1N(C(=O)c2ncccc2C(F)(F)F)CCC[C@@]1(Oc1csc(C(F)(F)F)c1)C(=O)N1Cc2ccc(F)cc2C[C@@H]1CCC(=O)O. The first-order valence-electron chi connectivity index (χ1n) is 15.5. The van der Waals surface area contributed by atoms with Crippen LogP contribution in [0, 0.1) is 5.82 Å². The number of carbonyl (C=O) groups is 3. The van der Waals surface area contributed by atoms with E-state index in [0.29, 0.717) is 35.0 Å². The van der Waals surface area contributed by atoms with Crippen molar-refractivity contribution >= 4 is 29.1 Å². The van der Waals surface area contributed by atoms with Crippen LogP contribution in [0.15, 0.2) is 48.0 Å². The number of carbonyl (C=O) groups excluding carboxylic acids is 2. The van der Waals surface area contributed by atoms with Gasteiger partial charge in [0.15, 0.2) is 0 Å². The molecule has 2 aliphatic rings. The van der Waals surface area contributed by atoms with Crippen LogP contribution in [0.4, 0.5) is 30.7 Å². The van der Waals surface area contributed by atoms with Gasteiger partial charge in [0.25, 0.3) is 11.8 Å². The van der Waals surface area contributed by atoms with Crippen molar-refractivity contribution in [1.29, 1.82) is 0 Å². The Labute approximate surface area is 280 Å². The molecule has 8 nitrogen and oxygen atoms in total. The maximum Gasteiger partial charge on any atom is 0.425 e. The van der Waals surface area contributed by atoms with Crippen LogP contribution in [0.3, 0.4) is 0 Å². The largest absolute Gasteiger partial charge is 0.481 e. The van der Waals surface area contributed by atoms with Crippen molar-refractivity contribution in [2.24, 2.45) is 0 Å². The van der Waals surface area contributed by atoms with E-state index in [9.17, 15) is 45.4 Å². The molecule has 1 saturated heterocycles. The fraction of sp³-hybridized carbons (Fsp3) is 0.455. The number of halogens is 7. The van der Waals surface area contributed by atoms with Crippen LogP contribution in [-0.2, 0) is 34.9 Å². The smallest absolute Gasteiger partial charge is 0.425 e. The van der Waals surface area contributed by atoms with E-state index in [-0.39, 0.29) is 57.4 Å². The Kier molecular flexibility index (Phi) is 10.3. The van der Waals surface area contributed by atoms with Gasteiger partial charge in [0, 0.05) is 49.6 Å². The first-order valence-corrected chi connectivity index (χ1v) is 16.4. The highest BCUT2D eigenvalue weighted by Crippen LogP contribution is 2.43. The summed E-state index contributed by atoms with van der Waals surface area (Å²) in [5.74, 6) is -3.92. The van der Waals surface area contributed by atoms with Gasteiger partial charge in [-0.15, -0.1) is 11.3 Å². The molecule has 3 aromatic rings. The number of rotatable bonds is 9. The number of fused-ring (bicyclic) bond motifs is 1. The van der Waals surface area contributed by atoms with E-state index in [1.54, 1.807) is 6.92 Å². The summed E-state index contributed by atoms with van der Waals surface area (Å²) in [5, 5.41) is 10.5. The second kappa shape index (κ2) is 14.0. The van der Waals surface area contributed by atoms with Gasteiger partial charge in [-0.2, -0.15) is 26.3 Å². The topological polar surface area (TPSA) is 100 Å². The van der Waals surface area contributed by atoms with Gasteiger partial charge in [-0.25, -0.2) is 4.39 Å². The van der Waals surface area contributed by atoms with Gasteiger partial charge in [0.05, 0.1) is 11.6 Å². The second-order valence-electron chi connectivity index (χ2n) is 12.1. The van der Waals surface area contributed by atoms with Crippen LogP contribution in [0.2, 0.25) is 0 Å². The van der Waals surface area contributed by atoms with Gasteiger partial charge in [0.2, 0.25) is 5.60 Å². The number of hydrogen-bond donors (Lipinski definition) is 1. The Morgan fingerprint density at radius 2 is 1.80 bits per heavy atom. The molecule has 1 fully saturated rings. The van der Waals surface area contributed by atoms with E-state index in [1.165, 1.54) is 23.1 Å². The molecule has 16 heteroatoms. The number of alkyl halides is 6. The summed E-state index contributed by atoms with van der Waals surface area (Å²) in [5.41, 5.74) is -3.20. The van der Waals surface area contributed by atoms with Crippen molar-refractivity contribution in [2.75, 3.05) is 6.54 Å². The number of ether oxygens (including phenoxy) is 1. The zero-order valence-electron chi connectivity index (χ0n) is 26.1. The molecule has 3 atom stereocenters. The number of piperidine rings is 1. The average Bonchev–Trinajstić information content (AvgIpc) is 3.52. The molecule has 49 heavy (non-hydrogen) atoms. The minimum Gasteiger partial charge on any atom is -0.481 e. The lowest BCUT2D eigenvalue weighted by Gasteiger charge is -2.51. The summed E-state index contributed by atoms with van der Waals surface area (Å²) < 4.78 is 103. The first-order chi connectivity index (χ1) is 23.0. The number of carboxylic acid groups (broad SMARTS) is 1. The molecule has 2 amide bonds. The lowest BCUT2D eigenvalue weighted by Crippen LogP contribution is -2.69. The van der Waals surface area contributed by atoms with Crippen molar-refractivity contribution in [3.63, 3.8) is 0 Å². The van der Waals surface area contributed by atoms with E-state index in [4.69, 9.17) is 4.74 Å². The minimum atomic E-state index is -4.94. The summed E-state index contributed by atoms with van der Waals surface area (Å²) in [4.78, 5) is 45.8. The molecule has 0 aliphatic carbocycles. The lowest BCUT2D eigenvalue weighted by atomic mass is 9.78. The summed E-state index contributed by atoms with van der Waals surface area (Å²) in [6, 6.07) is 4.34. The maximum atomic E-state index is 15.1. The number of aliphatic carboxylic acids is 1. The molecule has 0 radical (unpaired) electrons. The Bertz CT molecular complexity index is 1710. The van der Waals surface area contributed by atoms with Gasteiger partial charge in [-0.3, -0.25) is 19.4 Å². The van der Waals surface area contributed by atoms with Gasteiger partial charge in [0.1, 0.15) is 22.1 Å². The van der Waals surface area contributed by atoms with Gasteiger partial charge in [-0.1, -0.05) is 19.4 Å². The number of amides is 2. The maximum absolute atomic E-state index is 15.1. The van der Waals surface area contributed by atoms with Crippen LogP contribution in [0.1, 0.15) is 77.5 Å². The van der Waals surface area contributed by atoms with E-state index in [1.807, 2.05) is 0 Å². The number of pyridine rings is 1. The third-order valence-corrected chi connectivity index (χ3v) is 9.83. The van der Waals surface area contributed by atoms with Gasteiger partial charge in [-0.05, 0) is 61.1 Å².